The number of carbonyl (C=O) groups is 2. The highest BCUT2D eigenvalue weighted by Gasteiger charge is 2.36. The first kappa shape index (κ1) is 15.0. The Bertz CT molecular complexity index is 701. The molecule has 2 aromatic rings. The van der Waals surface area contributed by atoms with Crippen molar-refractivity contribution in [2.24, 2.45) is 0 Å². The molecular weight excluding hydrogens is 294 g/mol. The molecule has 0 unspecified atom stereocenters. The van der Waals surface area contributed by atoms with Gasteiger partial charge in [-0.15, -0.1) is 0 Å². The SMILES string of the molecule is CCOc1ccc(N2C(=O)CN(Cc3cccnc3)C2=O)cc1. The van der Waals surface area contributed by atoms with E-state index in [4.69, 9.17) is 4.74 Å². The van der Waals surface area contributed by atoms with Gasteiger partial charge in [-0.05, 0) is 42.8 Å². The van der Waals surface area contributed by atoms with Gasteiger partial charge in [-0.1, -0.05) is 6.07 Å². The maximum absolute atomic E-state index is 12.5. The van der Waals surface area contributed by atoms with E-state index >= 15 is 0 Å². The number of benzene rings is 1. The van der Waals surface area contributed by atoms with Crippen LogP contribution in [0.15, 0.2) is 48.8 Å². The minimum absolute atomic E-state index is 0.0704. The van der Waals surface area contributed by atoms with E-state index in [9.17, 15) is 9.59 Å². The van der Waals surface area contributed by atoms with Gasteiger partial charge in [0.1, 0.15) is 12.3 Å². The number of amides is 3. The molecule has 6 heteroatoms. The van der Waals surface area contributed by atoms with Crippen molar-refractivity contribution in [3.05, 3.63) is 54.4 Å². The summed E-state index contributed by atoms with van der Waals surface area (Å²) >= 11 is 0. The Labute approximate surface area is 134 Å². The van der Waals surface area contributed by atoms with Gasteiger partial charge in [0.15, 0.2) is 0 Å². The third-order valence-corrected chi connectivity index (χ3v) is 3.54. The highest BCUT2D eigenvalue weighted by atomic mass is 16.5. The Morgan fingerprint density at radius 1 is 1.17 bits per heavy atom. The largest absolute Gasteiger partial charge is 0.494 e. The molecule has 0 atom stereocenters. The van der Waals surface area contributed by atoms with Crippen molar-refractivity contribution in [2.45, 2.75) is 13.5 Å². The molecule has 1 aliphatic heterocycles. The molecule has 3 rings (SSSR count). The first-order valence-electron chi connectivity index (χ1n) is 7.42. The van der Waals surface area contributed by atoms with Crippen LogP contribution in [-0.2, 0) is 11.3 Å². The first-order chi connectivity index (χ1) is 11.2. The third-order valence-electron chi connectivity index (χ3n) is 3.54. The second-order valence-electron chi connectivity index (χ2n) is 5.16. The molecule has 6 nitrogen and oxygen atoms in total. The van der Waals surface area contributed by atoms with E-state index in [1.165, 1.54) is 9.80 Å². The minimum Gasteiger partial charge on any atom is -0.494 e. The van der Waals surface area contributed by atoms with E-state index in [0.717, 1.165) is 5.56 Å². The van der Waals surface area contributed by atoms with E-state index in [1.54, 1.807) is 36.7 Å². The number of aromatic nitrogens is 1. The average molecular weight is 311 g/mol. The van der Waals surface area contributed by atoms with Gasteiger partial charge in [0.05, 0.1) is 12.3 Å². The fourth-order valence-electron chi connectivity index (χ4n) is 2.50. The maximum Gasteiger partial charge on any atom is 0.332 e. The van der Waals surface area contributed by atoms with Crippen LogP contribution in [0.25, 0.3) is 0 Å². The summed E-state index contributed by atoms with van der Waals surface area (Å²) in [6, 6.07) is 10.3. The van der Waals surface area contributed by atoms with Gasteiger partial charge in [0.25, 0.3) is 5.91 Å². The first-order valence-corrected chi connectivity index (χ1v) is 7.42. The second-order valence-corrected chi connectivity index (χ2v) is 5.16. The fourth-order valence-corrected chi connectivity index (χ4v) is 2.50. The lowest BCUT2D eigenvalue weighted by Gasteiger charge is -2.17. The number of rotatable bonds is 5. The molecule has 3 amide bonds. The number of hydrogen-bond acceptors (Lipinski definition) is 4. The standard InChI is InChI=1S/C17H17N3O3/c1-2-23-15-7-5-14(6-8-15)20-16(21)12-19(17(20)22)11-13-4-3-9-18-10-13/h3-10H,2,11-12H2,1H3. The van der Waals surface area contributed by atoms with Crippen LogP contribution in [0.5, 0.6) is 5.75 Å². The van der Waals surface area contributed by atoms with Gasteiger partial charge < -0.3 is 9.64 Å². The Balaban J connectivity index is 1.76. The lowest BCUT2D eigenvalue weighted by molar-refractivity contribution is -0.116. The van der Waals surface area contributed by atoms with E-state index in [0.29, 0.717) is 24.6 Å². The van der Waals surface area contributed by atoms with Crippen molar-refractivity contribution in [1.29, 1.82) is 0 Å². The molecule has 1 aromatic heterocycles. The van der Waals surface area contributed by atoms with Crippen LogP contribution in [0.1, 0.15) is 12.5 Å². The predicted octanol–water partition coefficient (Wildman–Crippen LogP) is 2.45. The van der Waals surface area contributed by atoms with Crippen LogP contribution in [0, 0.1) is 0 Å². The summed E-state index contributed by atoms with van der Waals surface area (Å²) in [5.41, 5.74) is 1.44. The Hall–Kier alpha value is -2.89. The Kier molecular flexibility index (Phi) is 4.23. The number of anilines is 1. The highest BCUT2D eigenvalue weighted by Crippen LogP contribution is 2.25. The van der Waals surface area contributed by atoms with Gasteiger partial charge >= 0.3 is 6.03 Å². The van der Waals surface area contributed by atoms with Crippen molar-refractivity contribution in [1.82, 2.24) is 9.88 Å². The molecule has 0 radical (unpaired) electrons. The zero-order valence-corrected chi connectivity index (χ0v) is 12.8. The van der Waals surface area contributed by atoms with Crippen molar-refractivity contribution in [3.63, 3.8) is 0 Å². The molecule has 0 aliphatic carbocycles. The number of imide groups is 1. The molecule has 1 aromatic carbocycles. The molecule has 0 N–H and O–H groups in total. The lowest BCUT2D eigenvalue weighted by atomic mass is 10.3. The minimum atomic E-state index is -0.317. The highest BCUT2D eigenvalue weighted by molar-refractivity contribution is 6.19. The zero-order valence-electron chi connectivity index (χ0n) is 12.8. The monoisotopic (exact) mass is 311 g/mol. The summed E-state index contributed by atoms with van der Waals surface area (Å²) in [6.45, 7) is 2.91. The second kappa shape index (κ2) is 6.48. The predicted molar refractivity (Wildman–Crippen MR) is 85.1 cm³/mol. The summed E-state index contributed by atoms with van der Waals surface area (Å²) in [6.07, 6.45) is 3.37. The van der Waals surface area contributed by atoms with Crippen LogP contribution in [0.4, 0.5) is 10.5 Å². The number of ether oxygens (including phenoxy) is 1. The summed E-state index contributed by atoms with van der Waals surface area (Å²) in [5.74, 6) is 0.477. The van der Waals surface area contributed by atoms with Crippen molar-refractivity contribution >= 4 is 17.6 Å². The smallest absolute Gasteiger partial charge is 0.332 e. The summed E-state index contributed by atoms with van der Waals surface area (Å²) < 4.78 is 5.37. The Morgan fingerprint density at radius 2 is 1.96 bits per heavy atom. The Morgan fingerprint density at radius 3 is 2.61 bits per heavy atom. The maximum atomic E-state index is 12.5. The number of nitrogens with zero attached hydrogens (tertiary/aromatic N) is 3. The van der Waals surface area contributed by atoms with E-state index in [2.05, 4.69) is 4.98 Å². The number of carbonyl (C=O) groups excluding carboxylic acids is 2. The van der Waals surface area contributed by atoms with Crippen LogP contribution < -0.4 is 9.64 Å². The topological polar surface area (TPSA) is 62.7 Å². The van der Waals surface area contributed by atoms with E-state index in [1.807, 2.05) is 19.1 Å². The normalized spacial score (nSPS) is 14.5. The quantitative estimate of drug-likeness (QED) is 0.796. The molecule has 0 bridgehead atoms. The van der Waals surface area contributed by atoms with Crippen molar-refractivity contribution < 1.29 is 14.3 Å². The average Bonchev–Trinajstić information content (AvgIpc) is 2.84. The van der Waals surface area contributed by atoms with Crippen molar-refractivity contribution in [3.8, 4) is 5.75 Å². The summed E-state index contributed by atoms with van der Waals surface area (Å²) in [5, 5.41) is 0. The number of urea groups is 1. The molecule has 1 aliphatic rings. The van der Waals surface area contributed by atoms with Crippen LogP contribution in [0.3, 0.4) is 0 Å². The summed E-state index contributed by atoms with van der Waals surface area (Å²) in [4.78, 5) is 31.5. The van der Waals surface area contributed by atoms with Gasteiger partial charge in [0, 0.05) is 18.9 Å². The molecule has 0 saturated carbocycles. The molecule has 1 saturated heterocycles. The third kappa shape index (κ3) is 3.15. The van der Waals surface area contributed by atoms with Gasteiger partial charge in [0.2, 0.25) is 0 Å². The van der Waals surface area contributed by atoms with Gasteiger partial charge in [-0.3, -0.25) is 9.78 Å². The van der Waals surface area contributed by atoms with Gasteiger partial charge in [-0.2, -0.15) is 0 Å². The van der Waals surface area contributed by atoms with Crippen LogP contribution in [0.2, 0.25) is 0 Å². The zero-order chi connectivity index (χ0) is 16.2. The molecule has 118 valence electrons. The number of hydrogen-bond donors (Lipinski definition) is 0. The van der Waals surface area contributed by atoms with Gasteiger partial charge in [-0.25, -0.2) is 9.69 Å². The van der Waals surface area contributed by atoms with Crippen LogP contribution in [-0.4, -0.2) is 35.0 Å². The molecular formula is C17H17N3O3. The van der Waals surface area contributed by atoms with Crippen molar-refractivity contribution in [2.75, 3.05) is 18.1 Å². The molecule has 23 heavy (non-hydrogen) atoms. The molecule has 2 heterocycles. The van der Waals surface area contributed by atoms with E-state index < -0.39 is 0 Å². The van der Waals surface area contributed by atoms with Crippen LogP contribution >= 0.6 is 0 Å². The lowest BCUT2D eigenvalue weighted by Crippen LogP contribution is -2.32. The molecule has 1 fully saturated rings. The van der Waals surface area contributed by atoms with E-state index in [-0.39, 0.29) is 18.5 Å². The molecule has 0 spiro atoms. The summed E-state index contributed by atoms with van der Waals surface area (Å²) in [7, 11) is 0. The fraction of sp³-hybridized carbons (Fsp3) is 0.235. The number of pyridine rings is 1.